The van der Waals surface area contributed by atoms with E-state index in [1.54, 1.807) is 17.0 Å². The normalized spacial score (nSPS) is 11.8. The lowest BCUT2D eigenvalue weighted by Crippen LogP contribution is -2.42. The van der Waals surface area contributed by atoms with Gasteiger partial charge in [-0.25, -0.2) is 4.79 Å². The van der Waals surface area contributed by atoms with Crippen LogP contribution in [0.2, 0.25) is 0 Å². The molecule has 0 unspecified atom stereocenters. The van der Waals surface area contributed by atoms with Crippen molar-refractivity contribution < 1.29 is 0 Å². The van der Waals surface area contributed by atoms with Crippen molar-refractivity contribution in [2.75, 3.05) is 20.6 Å². The van der Waals surface area contributed by atoms with Crippen LogP contribution in [0.4, 0.5) is 0 Å². The molecule has 0 aliphatic heterocycles. The monoisotopic (exact) mass is 496 g/mol. The summed E-state index contributed by atoms with van der Waals surface area (Å²) in [5, 5.41) is 7.68. The number of rotatable bonds is 8. The number of hydrogen-bond acceptors (Lipinski definition) is 5. The zero-order valence-corrected chi connectivity index (χ0v) is 21.8. The van der Waals surface area contributed by atoms with Crippen molar-refractivity contribution in [1.82, 2.24) is 28.8 Å². The molecule has 3 aromatic heterocycles. The highest BCUT2D eigenvalue weighted by Crippen LogP contribution is 2.28. The Bertz CT molecular complexity index is 1670. The number of likely N-dealkylation sites (N-methyl/N-ethyl adjacent to an activating group) is 1. The second-order valence-corrected chi connectivity index (χ2v) is 10.1. The molecule has 0 aliphatic carbocycles. The Morgan fingerprint density at radius 2 is 1.65 bits per heavy atom. The van der Waals surface area contributed by atoms with E-state index in [0.29, 0.717) is 42.9 Å². The molecule has 0 aliphatic rings. The van der Waals surface area contributed by atoms with Gasteiger partial charge in [-0.1, -0.05) is 56.3 Å². The second kappa shape index (κ2) is 10.1. The third-order valence-electron chi connectivity index (χ3n) is 6.58. The molecule has 0 amide bonds. The van der Waals surface area contributed by atoms with Crippen molar-refractivity contribution in [2.24, 2.45) is 5.92 Å². The fourth-order valence-corrected chi connectivity index (χ4v) is 4.83. The van der Waals surface area contributed by atoms with Crippen LogP contribution in [0.3, 0.4) is 0 Å². The molecule has 0 radical (unpaired) electrons. The van der Waals surface area contributed by atoms with Crippen molar-refractivity contribution in [2.45, 2.75) is 33.5 Å². The van der Waals surface area contributed by atoms with E-state index in [4.69, 9.17) is 5.10 Å². The Kier molecular flexibility index (Phi) is 6.76. The van der Waals surface area contributed by atoms with Gasteiger partial charge in [0.15, 0.2) is 5.65 Å². The van der Waals surface area contributed by atoms with Gasteiger partial charge in [0, 0.05) is 37.6 Å². The van der Waals surface area contributed by atoms with E-state index >= 15 is 0 Å². The summed E-state index contributed by atoms with van der Waals surface area (Å²) in [6.45, 7) is 5.94. The first-order chi connectivity index (χ1) is 17.8. The van der Waals surface area contributed by atoms with Crippen LogP contribution in [0, 0.1) is 5.92 Å². The zero-order valence-electron chi connectivity index (χ0n) is 21.8. The zero-order chi connectivity index (χ0) is 26.1. The molecule has 0 spiro atoms. The average molecular weight is 497 g/mol. The van der Waals surface area contributed by atoms with Crippen LogP contribution in [-0.4, -0.2) is 49.4 Å². The van der Waals surface area contributed by atoms with Crippen LogP contribution in [0.1, 0.15) is 19.4 Å². The van der Waals surface area contributed by atoms with Gasteiger partial charge >= 0.3 is 5.69 Å². The van der Waals surface area contributed by atoms with Crippen LogP contribution in [0.5, 0.6) is 0 Å². The highest BCUT2D eigenvalue weighted by atomic mass is 16.2. The number of pyridine rings is 1. The maximum Gasteiger partial charge on any atom is 0.332 e. The van der Waals surface area contributed by atoms with E-state index in [-0.39, 0.29) is 17.2 Å². The van der Waals surface area contributed by atoms with Crippen LogP contribution in [0.15, 0.2) is 76.6 Å². The van der Waals surface area contributed by atoms with E-state index in [1.807, 2.05) is 54.0 Å². The largest absolute Gasteiger partial charge is 0.332 e. The molecule has 190 valence electrons. The topological polar surface area (TPSA) is 78.0 Å². The van der Waals surface area contributed by atoms with Gasteiger partial charge in [-0.15, -0.1) is 0 Å². The maximum absolute atomic E-state index is 13.9. The van der Waals surface area contributed by atoms with Crippen molar-refractivity contribution in [3.63, 3.8) is 0 Å². The third kappa shape index (κ3) is 4.72. The van der Waals surface area contributed by atoms with E-state index in [0.717, 1.165) is 21.9 Å². The molecule has 37 heavy (non-hydrogen) atoms. The first-order valence-electron chi connectivity index (χ1n) is 12.6. The minimum absolute atomic E-state index is 0.202. The molecule has 5 aromatic rings. The fourth-order valence-electron chi connectivity index (χ4n) is 4.83. The number of nitrogens with zero attached hydrogens (tertiary/aromatic N) is 6. The molecule has 0 saturated carbocycles. The van der Waals surface area contributed by atoms with Gasteiger partial charge in [0.25, 0.3) is 5.56 Å². The minimum Gasteiger partial charge on any atom is -0.308 e. The van der Waals surface area contributed by atoms with Gasteiger partial charge < -0.3 is 4.90 Å². The summed E-state index contributed by atoms with van der Waals surface area (Å²) in [6.07, 6.45) is 3.43. The quantitative estimate of drug-likeness (QED) is 0.326. The molecule has 0 saturated heterocycles. The van der Waals surface area contributed by atoms with Crippen LogP contribution >= 0.6 is 0 Å². The lowest BCUT2D eigenvalue weighted by molar-refractivity contribution is 0.371. The molecule has 0 fully saturated rings. The van der Waals surface area contributed by atoms with E-state index in [9.17, 15) is 9.59 Å². The highest BCUT2D eigenvalue weighted by molar-refractivity contribution is 5.91. The Morgan fingerprint density at radius 1 is 0.919 bits per heavy atom. The predicted molar refractivity (Wildman–Crippen MR) is 148 cm³/mol. The molecule has 8 heteroatoms. The summed E-state index contributed by atoms with van der Waals surface area (Å²) in [6, 6.07) is 18.2. The first-order valence-corrected chi connectivity index (χ1v) is 12.6. The van der Waals surface area contributed by atoms with Crippen molar-refractivity contribution in [1.29, 1.82) is 0 Å². The number of hydrogen-bond donors (Lipinski definition) is 0. The number of fused-ring (bicyclic) bond motifs is 2. The molecule has 8 nitrogen and oxygen atoms in total. The van der Waals surface area contributed by atoms with Gasteiger partial charge in [0.05, 0.1) is 12.2 Å². The lowest BCUT2D eigenvalue weighted by atomic mass is 10.0. The number of benzene rings is 2. The Labute approximate surface area is 215 Å². The minimum atomic E-state index is -0.316. The molecular formula is C29H32N6O2. The molecule has 0 bridgehead atoms. The Hall–Kier alpha value is -4.04. The molecule has 0 N–H and O–H groups in total. The van der Waals surface area contributed by atoms with Crippen molar-refractivity contribution in [3.8, 4) is 11.3 Å². The first kappa shape index (κ1) is 24.6. The summed E-state index contributed by atoms with van der Waals surface area (Å²) in [5.41, 5.74) is 2.43. The smallest absolute Gasteiger partial charge is 0.308 e. The molecule has 3 heterocycles. The van der Waals surface area contributed by atoms with E-state index in [2.05, 4.69) is 43.1 Å². The molecule has 5 rings (SSSR count). The summed E-state index contributed by atoms with van der Waals surface area (Å²) >= 11 is 0. The molecule has 0 atom stereocenters. The van der Waals surface area contributed by atoms with Crippen LogP contribution < -0.4 is 11.2 Å². The van der Waals surface area contributed by atoms with Crippen LogP contribution in [-0.2, 0) is 19.6 Å². The summed E-state index contributed by atoms with van der Waals surface area (Å²) < 4.78 is 4.90. The summed E-state index contributed by atoms with van der Waals surface area (Å²) in [7, 11) is 3.86. The maximum atomic E-state index is 13.9. The van der Waals surface area contributed by atoms with Gasteiger partial charge in [-0.3, -0.25) is 23.6 Å². The van der Waals surface area contributed by atoms with Gasteiger partial charge in [0.1, 0.15) is 5.39 Å². The van der Waals surface area contributed by atoms with E-state index < -0.39 is 0 Å². The molecule has 2 aromatic carbocycles. The van der Waals surface area contributed by atoms with Gasteiger partial charge in [-0.2, -0.15) is 5.10 Å². The van der Waals surface area contributed by atoms with E-state index in [1.165, 1.54) is 4.57 Å². The standard InChI is InChI=1S/C29H32N6O2/c1-20(2)18-34-27-25(28(36)33(29(34)37)17-16-32(3)4)26(22-12-14-30-15-13-22)35(31-27)19-23-10-7-9-21-8-5-6-11-24(21)23/h5-15,20H,16-19H2,1-4H3. The Morgan fingerprint density at radius 3 is 2.38 bits per heavy atom. The average Bonchev–Trinajstić information content (AvgIpc) is 3.26. The van der Waals surface area contributed by atoms with Crippen molar-refractivity contribution >= 4 is 21.8 Å². The van der Waals surface area contributed by atoms with Crippen molar-refractivity contribution in [3.05, 3.63) is 93.4 Å². The lowest BCUT2D eigenvalue weighted by Gasteiger charge is -2.15. The third-order valence-corrected chi connectivity index (χ3v) is 6.58. The SMILES string of the molecule is CC(C)Cn1c(=O)n(CCN(C)C)c(=O)c2c(-c3ccncc3)n(Cc3cccc4ccccc34)nc21. The second-order valence-electron chi connectivity index (χ2n) is 10.1. The summed E-state index contributed by atoms with van der Waals surface area (Å²) in [5.74, 6) is 0.202. The predicted octanol–water partition coefficient (Wildman–Crippen LogP) is 3.84. The van der Waals surface area contributed by atoms with Gasteiger partial charge in [-0.05, 0) is 48.5 Å². The highest BCUT2D eigenvalue weighted by Gasteiger charge is 2.24. The van der Waals surface area contributed by atoms with Crippen LogP contribution in [0.25, 0.3) is 33.1 Å². The number of aromatic nitrogens is 5. The molecular weight excluding hydrogens is 464 g/mol. The Balaban J connectivity index is 1.82. The summed E-state index contributed by atoms with van der Waals surface area (Å²) in [4.78, 5) is 33.7. The van der Waals surface area contributed by atoms with Gasteiger partial charge in [0.2, 0.25) is 0 Å². The fraction of sp³-hybridized carbons (Fsp3) is 0.310.